The summed E-state index contributed by atoms with van der Waals surface area (Å²) >= 11 is 5.15. The van der Waals surface area contributed by atoms with Gasteiger partial charge in [0.1, 0.15) is 0 Å². The zero-order valence-corrected chi connectivity index (χ0v) is 8.60. The van der Waals surface area contributed by atoms with Crippen molar-refractivity contribution in [1.29, 1.82) is 0 Å². The van der Waals surface area contributed by atoms with Gasteiger partial charge in [-0.25, -0.2) is 0 Å². The summed E-state index contributed by atoms with van der Waals surface area (Å²) in [6.45, 7) is 0.379. The summed E-state index contributed by atoms with van der Waals surface area (Å²) in [6, 6.07) is 5.56. The number of hydrogen-bond donors (Lipinski definition) is 2. The molecule has 0 radical (unpaired) electrons. The van der Waals surface area contributed by atoms with Crippen LogP contribution < -0.4 is 10.6 Å². The monoisotopic (exact) mass is 224 g/mol. The molecule has 1 heterocycles. The Bertz CT molecular complexity index is 431. The van der Waals surface area contributed by atoms with Crippen molar-refractivity contribution in [2.75, 3.05) is 5.32 Å². The van der Waals surface area contributed by atoms with Crippen LogP contribution in [0.5, 0.6) is 0 Å². The number of anilines is 1. The molecule has 0 aromatic heterocycles. The molecule has 2 rings (SSSR count). The topological polar surface area (TPSA) is 58.2 Å². The first kappa shape index (κ1) is 9.98. The molecule has 78 valence electrons. The first-order valence-electron chi connectivity index (χ1n) is 4.50. The van der Waals surface area contributed by atoms with E-state index in [-0.39, 0.29) is 5.91 Å². The molecule has 0 atom stereocenters. The lowest BCUT2D eigenvalue weighted by molar-refractivity contribution is -0.115. The number of benzene rings is 1. The SMILES string of the molecule is O=C(Cl)NCc1ccc2c(c1)CC(=O)N2. The van der Waals surface area contributed by atoms with Gasteiger partial charge in [0.15, 0.2) is 0 Å². The van der Waals surface area contributed by atoms with Gasteiger partial charge in [-0.05, 0) is 28.8 Å². The number of carbonyl (C=O) groups excluding carboxylic acids is 2. The molecule has 1 aliphatic heterocycles. The Hall–Kier alpha value is -1.55. The number of fused-ring (bicyclic) bond motifs is 1. The van der Waals surface area contributed by atoms with E-state index in [0.29, 0.717) is 13.0 Å². The lowest BCUT2D eigenvalue weighted by atomic mass is 10.1. The lowest BCUT2D eigenvalue weighted by Gasteiger charge is -2.03. The van der Waals surface area contributed by atoms with E-state index in [2.05, 4.69) is 10.6 Å². The molecule has 1 aromatic rings. The van der Waals surface area contributed by atoms with E-state index in [1.54, 1.807) is 0 Å². The van der Waals surface area contributed by atoms with E-state index in [1.807, 2.05) is 18.2 Å². The van der Waals surface area contributed by atoms with E-state index in [0.717, 1.165) is 16.8 Å². The average Bonchev–Trinajstić information content (AvgIpc) is 2.53. The Morgan fingerprint density at radius 3 is 3.07 bits per heavy atom. The van der Waals surface area contributed by atoms with Gasteiger partial charge >= 0.3 is 5.37 Å². The van der Waals surface area contributed by atoms with Crippen molar-refractivity contribution in [1.82, 2.24) is 5.32 Å². The van der Waals surface area contributed by atoms with Crippen molar-refractivity contribution in [3.05, 3.63) is 29.3 Å². The molecular formula is C10H9ClN2O2. The van der Waals surface area contributed by atoms with Gasteiger partial charge in [0.05, 0.1) is 6.42 Å². The van der Waals surface area contributed by atoms with Crippen LogP contribution in [0.4, 0.5) is 10.5 Å². The second-order valence-electron chi connectivity index (χ2n) is 3.34. The quantitative estimate of drug-likeness (QED) is 0.593. The number of carbonyl (C=O) groups is 2. The van der Waals surface area contributed by atoms with Gasteiger partial charge in [-0.1, -0.05) is 12.1 Å². The third kappa shape index (κ3) is 2.27. The third-order valence-electron chi connectivity index (χ3n) is 2.23. The Kier molecular flexibility index (Phi) is 2.60. The fraction of sp³-hybridized carbons (Fsp3) is 0.200. The van der Waals surface area contributed by atoms with Crippen LogP contribution in [0.25, 0.3) is 0 Å². The van der Waals surface area contributed by atoms with Crippen LogP contribution >= 0.6 is 11.6 Å². The number of amides is 2. The molecule has 5 heteroatoms. The maximum Gasteiger partial charge on any atom is 0.314 e. The summed E-state index contributed by atoms with van der Waals surface area (Å²) in [6.07, 6.45) is 0.401. The van der Waals surface area contributed by atoms with Crippen molar-refractivity contribution in [2.24, 2.45) is 0 Å². The normalized spacial score (nSPS) is 13.3. The summed E-state index contributed by atoms with van der Waals surface area (Å²) in [5.74, 6) is 0.00327. The van der Waals surface area contributed by atoms with Crippen molar-refractivity contribution in [2.45, 2.75) is 13.0 Å². The Labute approximate surface area is 91.6 Å². The van der Waals surface area contributed by atoms with Gasteiger partial charge in [0.2, 0.25) is 5.91 Å². The molecule has 0 fully saturated rings. The van der Waals surface area contributed by atoms with Crippen molar-refractivity contribution < 1.29 is 9.59 Å². The van der Waals surface area contributed by atoms with Crippen LogP contribution in [-0.2, 0) is 17.8 Å². The predicted octanol–water partition coefficient (Wildman–Crippen LogP) is 1.63. The molecular weight excluding hydrogens is 216 g/mol. The van der Waals surface area contributed by atoms with Gasteiger partial charge in [-0.15, -0.1) is 0 Å². The van der Waals surface area contributed by atoms with Gasteiger partial charge < -0.3 is 10.6 Å². The highest BCUT2D eigenvalue weighted by atomic mass is 35.5. The zero-order chi connectivity index (χ0) is 10.8. The highest BCUT2D eigenvalue weighted by molar-refractivity contribution is 6.62. The fourth-order valence-electron chi connectivity index (χ4n) is 1.56. The first-order chi connectivity index (χ1) is 7.15. The highest BCUT2D eigenvalue weighted by Gasteiger charge is 2.17. The first-order valence-corrected chi connectivity index (χ1v) is 4.88. The molecule has 0 unspecified atom stereocenters. The van der Waals surface area contributed by atoms with Crippen LogP contribution in [0.15, 0.2) is 18.2 Å². The molecule has 0 spiro atoms. The average molecular weight is 225 g/mol. The van der Waals surface area contributed by atoms with Crippen molar-refractivity contribution >= 4 is 28.6 Å². The van der Waals surface area contributed by atoms with Crippen molar-refractivity contribution in [3.63, 3.8) is 0 Å². The molecule has 15 heavy (non-hydrogen) atoms. The molecule has 4 nitrogen and oxygen atoms in total. The van der Waals surface area contributed by atoms with E-state index in [1.165, 1.54) is 0 Å². The number of hydrogen-bond acceptors (Lipinski definition) is 2. The minimum absolute atomic E-state index is 0.00327. The molecule has 1 aromatic carbocycles. The number of halogens is 1. The maximum atomic E-state index is 11.1. The minimum Gasteiger partial charge on any atom is -0.339 e. The number of nitrogens with one attached hydrogen (secondary N) is 2. The van der Waals surface area contributed by atoms with E-state index in [4.69, 9.17) is 11.6 Å². The summed E-state index contributed by atoms with van der Waals surface area (Å²) < 4.78 is 0. The smallest absolute Gasteiger partial charge is 0.314 e. The van der Waals surface area contributed by atoms with Crippen LogP contribution in [0.2, 0.25) is 0 Å². The van der Waals surface area contributed by atoms with E-state index in [9.17, 15) is 9.59 Å². The number of rotatable bonds is 2. The second kappa shape index (κ2) is 3.90. The molecule has 2 N–H and O–H groups in total. The van der Waals surface area contributed by atoms with Crippen LogP contribution in [0.3, 0.4) is 0 Å². The largest absolute Gasteiger partial charge is 0.339 e. The summed E-state index contributed by atoms with van der Waals surface area (Å²) in [4.78, 5) is 21.6. The van der Waals surface area contributed by atoms with Crippen LogP contribution in [0.1, 0.15) is 11.1 Å². The van der Waals surface area contributed by atoms with E-state index < -0.39 is 5.37 Å². The second-order valence-corrected chi connectivity index (χ2v) is 3.69. The fourth-order valence-corrected chi connectivity index (χ4v) is 1.63. The standard InChI is InChI=1S/C10H9ClN2O2/c11-10(15)12-5-6-1-2-8-7(3-6)4-9(14)13-8/h1-3H,4-5H2,(H,12,15)(H,13,14). The van der Waals surface area contributed by atoms with Crippen LogP contribution in [-0.4, -0.2) is 11.3 Å². The summed E-state index contributed by atoms with van der Waals surface area (Å²) in [7, 11) is 0. The lowest BCUT2D eigenvalue weighted by Crippen LogP contribution is -2.15. The molecule has 2 amide bonds. The molecule has 0 saturated carbocycles. The summed E-state index contributed by atoms with van der Waals surface area (Å²) in [5.41, 5.74) is 2.74. The van der Waals surface area contributed by atoms with Crippen LogP contribution in [0, 0.1) is 0 Å². The van der Waals surface area contributed by atoms with Gasteiger partial charge in [-0.3, -0.25) is 9.59 Å². The Morgan fingerprint density at radius 1 is 1.53 bits per heavy atom. The predicted molar refractivity (Wildman–Crippen MR) is 56.9 cm³/mol. The van der Waals surface area contributed by atoms with E-state index >= 15 is 0 Å². The Morgan fingerprint density at radius 2 is 2.33 bits per heavy atom. The molecule has 0 aliphatic carbocycles. The molecule has 0 bridgehead atoms. The van der Waals surface area contributed by atoms with Gasteiger partial charge in [0.25, 0.3) is 0 Å². The Balaban J connectivity index is 2.13. The van der Waals surface area contributed by atoms with Gasteiger partial charge in [-0.2, -0.15) is 0 Å². The zero-order valence-electron chi connectivity index (χ0n) is 7.84. The molecule has 1 aliphatic rings. The van der Waals surface area contributed by atoms with Gasteiger partial charge in [0, 0.05) is 12.2 Å². The van der Waals surface area contributed by atoms with Crippen molar-refractivity contribution in [3.8, 4) is 0 Å². The highest BCUT2D eigenvalue weighted by Crippen LogP contribution is 2.23. The molecule has 0 saturated heterocycles. The third-order valence-corrected chi connectivity index (χ3v) is 2.36. The summed E-state index contributed by atoms with van der Waals surface area (Å²) in [5, 5.41) is 4.64. The minimum atomic E-state index is -0.579. The maximum absolute atomic E-state index is 11.1.